The van der Waals surface area contributed by atoms with E-state index in [-0.39, 0.29) is 12.4 Å². The van der Waals surface area contributed by atoms with Crippen molar-refractivity contribution in [1.82, 2.24) is 14.9 Å². The molecule has 2 atom stereocenters. The van der Waals surface area contributed by atoms with Gasteiger partial charge in [0.15, 0.2) is 5.69 Å². The smallest absolute Gasteiger partial charge is 0.397 e. The van der Waals surface area contributed by atoms with Gasteiger partial charge in [-0.3, -0.25) is 4.79 Å². The highest BCUT2D eigenvalue weighted by Gasteiger charge is 2.47. The molecule has 0 saturated carbocycles. The molecule has 3 heterocycles. The van der Waals surface area contributed by atoms with E-state index in [1.165, 1.54) is 6.92 Å². The molecule has 1 aliphatic rings. The molecule has 0 bridgehead atoms. The Labute approximate surface area is 211 Å². The highest BCUT2D eigenvalue weighted by Crippen LogP contribution is 2.36. The van der Waals surface area contributed by atoms with E-state index in [0.717, 1.165) is 30.6 Å². The largest absolute Gasteiger partial charge is 0.433 e. The maximum absolute atomic E-state index is 14.3. The SMILES string of the molecule is CC1CC(F)(F)CN(C(=O)c2nc(C(F)(F)F)ccc2N)C1CNc1ccc(C(F)(F)F)cn1.N=CC=N. The van der Waals surface area contributed by atoms with Crippen LogP contribution in [0.2, 0.25) is 0 Å². The maximum Gasteiger partial charge on any atom is 0.433 e. The van der Waals surface area contributed by atoms with E-state index in [4.69, 9.17) is 16.6 Å². The summed E-state index contributed by atoms with van der Waals surface area (Å²) < 4.78 is 106. The summed E-state index contributed by atoms with van der Waals surface area (Å²) in [7, 11) is 0. The van der Waals surface area contributed by atoms with Crippen molar-refractivity contribution in [1.29, 1.82) is 10.8 Å². The van der Waals surface area contributed by atoms with Gasteiger partial charge in [-0.05, 0) is 30.2 Å². The molecule has 2 aromatic heterocycles. The number of nitrogens with one attached hydrogen (secondary N) is 3. The van der Waals surface area contributed by atoms with Crippen LogP contribution >= 0.6 is 0 Å². The van der Waals surface area contributed by atoms with Crippen molar-refractivity contribution in [3.05, 3.63) is 47.4 Å². The van der Waals surface area contributed by atoms with Crippen LogP contribution in [0.1, 0.15) is 35.1 Å². The summed E-state index contributed by atoms with van der Waals surface area (Å²) >= 11 is 0. The first-order valence-electron chi connectivity index (χ1n) is 10.8. The zero-order chi connectivity index (χ0) is 28.9. The van der Waals surface area contributed by atoms with Crippen LogP contribution < -0.4 is 11.1 Å². The molecule has 0 spiro atoms. The summed E-state index contributed by atoms with van der Waals surface area (Å²) in [4.78, 5) is 20.6. The number of pyridine rings is 2. The van der Waals surface area contributed by atoms with Gasteiger partial charge < -0.3 is 26.8 Å². The van der Waals surface area contributed by atoms with Crippen LogP contribution in [-0.2, 0) is 12.4 Å². The lowest BCUT2D eigenvalue weighted by Crippen LogP contribution is -2.57. The van der Waals surface area contributed by atoms with Gasteiger partial charge in [-0.2, -0.15) is 26.3 Å². The molecule has 1 amide bonds. The number of piperidine rings is 1. The van der Waals surface area contributed by atoms with Crippen molar-refractivity contribution < 1.29 is 39.9 Å². The highest BCUT2D eigenvalue weighted by molar-refractivity contribution is 6.12. The molecule has 0 radical (unpaired) electrons. The fraction of sp³-hybridized carbons (Fsp3) is 0.409. The van der Waals surface area contributed by atoms with Gasteiger partial charge in [0.2, 0.25) is 0 Å². The fourth-order valence-corrected chi connectivity index (χ4v) is 3.69. The Morgan fingerprint density at radius 1 is 1.13 bits per heavy atom. The molecule has 0 aliphatic carbocycles. The lowest BCUT2D eigenvalue weighted by molar-refractivity contribution is -0.141. The number of aromatic nitrogens is 2. The predicted octanol–water partition coefficient (Wildman–Crippen LogP) is 4.98. The van der Waals surface area contributed by atoms with E-state index in [1.54, 1.807) is 0 Å². The van der Waals surface area contributed by atoms with Gasteiger partial charge in [0.25, 0.3) is 11.8 Å². The molecule has 0 aromatic carbocycles. The van der Waals surface area contributed by atoms with Crippen LogP contribution in [0.25, 0.3) is 0 Å². The predicted molar refractivity (Wildman–Crippen MR) is 123 cm³/mol. The summed E-state index contributed by atoms with van der Waals surface area (Å²) in [6.45, 7) is 0.114. The number of likely N-dealkylation sites (tertiary alicyclic amines) is 1. The second kappa shape index (κ2) is 11.7. The first kappa shape index (κ1) is 30.4. The molecule has 8 nitrogen and oxygen atoms in total. The molecule has 1 aliphatic heterocycles. The van der Waals surface area contributed by atoms with Crippen molar-refractivity contribution in [2.75, 3.05) is 24.1 Å². The lowest BCUT2D eigenvalue weighted by atomic mass is 9.88. The summed E-state index contributed by atoms with van der Waals surface area (Å²) in [5.74, 6) is -5.39. The van der Waals surface area contributed by atoms with Crippen molar-refractivity contribution in [2.45, 2.75) is 37.7 Å². The summed E-state index contributed by atoms with van der Waals surface area (Å²) in [6.07, 6.45) is -7.70. The first-order valence-corrected chi connectivity index (χ1v) is 10.8. The monoisotopic (exact) mass is 553 g/mol. The number of amides is 1. The number of nitrogens with two attached hydrogens (primary N) is 1. The normalized spacial score (nSPS) is 19.1. The number of hydrogen-bond donors (Lipinski definition) is 4. The van der Waals surface area contributed by atoms with Crippen LogP contribution in [-0.4, -0.2) is 58.3 Å². The molecule has 1 fully saturated rings. The zero-order valence-corrected chi connectivity index (χ0v) is 19.7. The average Bonchev–Trinajstić information content (AvgIpc) is 2.81. The van der Waals surface area contributed by atoms with Crippen LogP contribution in [0.15, 0.2) is 30.5 Å². The number of anilines is 2. The first-order chi connectivity index (χ1) is 17.5. The third-order valence-electron chi connectivity index (χ3n) is 5.43. The third-order valence-corrected chi connectivity index (χ3v) is 5.43. The number of rotatable bonds is 5. The van der Waals surface area contributed by atoms with Crippen molar-refractivity contribution in [3.8, 4) is 0 Å². The van der Waals surface area contributed by atoms with Gasteiger partial charge in [-0.15, -0.1) is 0 Å². The van der Waals surface area contributed by atoms with Gasteiger partial charge >= 0.3 is 12.4 Å². The second-order valence-corrected chi connectivity index (χ2v) is 8.31. The molecule has 3 rings (SSSR count). The average molecular weight is 553 g/mol. The Bertz CT molecular complexity index is 1130. The minimum Gasteiger partial charge on any atom is -0.397 e. The van der Waals surface area contributed by atoms with E-state index in [9.17, 15) is 39.9 Å². The summed E-state index contributed by atoms with van der Waals surface area (Å²) in [5, 5.41) is 14.9. The highest BCUT2D eigenvalue weighted by atomic mass is 19.4. The van der Waals surface area contributed by atoms with Crippen molar-refractivity contribution in [2.24, 2.45) is 5.92 Å². The minimum atomic E-state index is -4.89. The number of hydrogen-bond acceptors (Lipinski definition) is 7. The van der Waals surface area contributed by atoms with E-state index in [1.807, 2.05) is 0 Å². The standard InChI is InChI=1S/C20H19F8N5O.C2H4N2/c1-10-6-18(21,22)9-33(17(34)16-12(29)3-4-14(32-16)20(26,27)28)13(10)8-31-15-5-2-11(7-30-15)19(23,24)25;3-1-2-4/h2-5,7,10,13H,6,8-9,29H2,1H3,(H,30,31);1-4H. The Morgan fingerprint density at radius 2 is 1.76 bits per heavy atom. The molecular formula is C22H23F8N7O. The molecule has 16 heteroatoms. The Hall–Kier alpha value is -3.85. The van der Waals surface area contributed by atoms with Crippen LogP contribution in [0.4, 0.5) is 46.6 Å². The number of alkyl halides is 8. The summed E-state index contributed by atoms with van der Waals surface area (Å²) in [5.41, 5.74) is 1.97. The van der Waals surface area contributed by atoms with Crippen molar-refractivity contribution >= 4 is 29.8 Å². The van der Waals surface area contributed by atoms with Crippen LogP contribution in [0, 0.1) is 16.7 Å². The quantitative estimate of drug-likeness (QED) is 0.306. The molecule has 5 N–H and O–H groups in total. The van der Waals surface area contributed by atoms with E-state index in [2.05, 4.69) is 15.3 Å². The summed E-state index contributed by atoms with van der Waals surface area (Å²) in [6, 6.07) is 2.21. The number of halogens is 8. The number of carbonyl (C=O) groups excluding carboxylic acids is 1. The third kappa shape index (κ3) is 7.82. The van der Waals surface area contributed by atoms with Crippen LogP contribution in [0.3, 0.4) is 0 Å². The van der Waals surface area contributed by atoms with Crippen LogP contribution in [0.5, 0.6) is 0 Å². The zero-order valence-electron chi connectivity index (χ0n) is 19.7. The Morgan fingerprint density at radius 3 is 2.26 bits per heavy atom. The topological polar surface area (TPSA) is 132 Å². The number of nitrogens with zero attached hydrogens (tertiary/aromatic N) is 3. The Kier molecular flexibility index (Phi) is 9.34. The molecule has 2 unspecified atom stereocenters. The van der Waals surface area contributed by atoms with Crippen molar-refractivity contribution in [3.63, 3.8) is 0 Å². The maximum atomic E-state index is 14.3. The van der Waals surface area contributed by atoms with Gasteiger partial charge in [0.05, 0.1) is 23.8 Å². The molecule has 1 saturated heterocycles. The fourth-order valence-electron chi connectivity index (χ4n) is 3.69. The molecular weight excluding hydrogens is 530 g/mol. The van der Waals surface area contributed by atoms with E-state index >= 15 is 0 Å². The minimum absolute atomic E-state index is 0.0124. The van der Waals surface area contributed by atoms with Gasteiger partial charge in [0.1, 0.15) is 11.5 Å². The van der Waals surface area contributed by atoms with Gasteiger partial charge in [-0.1, -0.05) is 6.92 Å². The number of nitrogen functional groups attached to an aromatic ring is 1. The molecule has 208 valence electrons. The number of carbonyl (C=O) groups is 1. The Balaban J connectivity index is 0.00000118. The molecule has 38 heavy (non-hydrogen) atoms. The van der Waals surface area contributed by atoms with Gasteiger partial charge in [0, 0.05) is 31.6 Å². The second-order valence-electron chi connectivity index (χ2n) is 8.31. The molecule has 2 aromatic rings. The van der Waals surface area contributed by atoms with E-state index < -0.39 is 71.7 Å². The lowest BCUT2D eigenvalue weighted by Gasteiger charge is -2.43. The van der Waals surface area contributed by atoms with Gasteiger partial charge in [-0.25, -0.2) is 18.7 Å². The van der Waals surface area contributed by atoms with E-state index in [0.29, 0.717) is 17.2 Å².